The number of nitrogens with one attached hydrogen (secondary N) is 1. The molecule has 0 saturated carbocycles. The molecule has 0 aliphatic heterocycles. The first-order valence-electron chi connectivity index (χ1n) is 5.71. The Morgan fingerprint density at radius 2 is 2.14 bits per heavy atom. The molecule has 8 heteroatoms. The molecule has 0 fully saturated rings. The monoisotopic (exact) mass is 352 g/mol. The van der Waals surface area contributed by atoms with Crippen molar-refractivity contribution in [3.8, 4) is 0 Å². The van der Waals surface area contributed by atoms with Gasteiger partial charge in [0.25, 0.3) is 5.91 Å². The van der Waals surface area contributed by atoms with Gasteiger partial charge in [0.1, 0.15) is 11.5 Å². The molecule has 0 unspecified atom stereocenters. The summed E-state index contributed by atoms with van der Waals surface area (Å²) >= 11 is 3.13. The molecule has 4 N–H and O–H groups in total. The average Bonchev–Trinajstić information content (AvgIpc) is 2.49. The van der Waals surface area contributed by atoms with Gasteiger partial charge in [-0.25, -0.2) is 4.39 Å². The summed E-state index contributed by atoms with van der Waals surface area (Å²) in [7, 11) is 0. The Hall–Kier alpha value is -2.48. The van der Waals surface area contributed by atoms with Crippen LogP contribution in [0.3, 0.4) is 0 Å². The standard InChI is InChI=1S/C13H10BrFN4O2/c14-8-2-4-10(9(15)5-8)18-13(20)11-3-1-7(6-17-11)12(16)19-21/h1-6,21H,(H2,16,19)(H,18,20). The molecule has 1 aromatic heterocycles. The summed E-state index contributed by atoms with van der Waals surface area (Å²) in [6.45, 7) is 0. The fraction of sp³-hybridized carbons (Fsp3) is 0. The number of aromatic nitrogens is 1. The number of hydrogen-bond donors (Lipinski definition) is 3. The van der Waals surface area contributed by atoms with E-state index < -0.39 is 11.7 Å². The highest BCUT2D eigenvalue weighted by Gasteiger charge is 2.11. The summed E-state index contributed by atoms with van der Waals surface area (Å²) in [5.74, 6) is -1.25. The van der Waals surface area contributed by atoms with Gasteiger partial charge < -0.3 is 16.3 Å². The van der Waals surface area contributed by atoms with Gasteiger partial charge in [-0.1, -0.05) is 21.1 Å². The van der Waals surface area contributed by atoms with E-state index in [1.165, 1.54) is 30.5 Å². The summed E-state index contributed by atoms with van der Waals surface area (Å²) in [5, 5.41) is 13.8. The van der Waals surface area contributed by atoms with Gasteiger partial charge in [0.15, 0.2) is 5.84 Å². The van der Waals surface area contributed by atoms with Crippen LogP contribution >= 0.6 is 15.9 Å². The number of hydrogen-bond acceptors (Lipinski definition) is 4. The molecule has 2 rings (SSSR count). The molecule has 2 aromatic rings. The Morgan fingerprint density at radius 1 is 1.38 bits per heavy atom. The predicted molar refractivity (Wildman–Crippen MR) is 78.8 cm³/mol. The molecule has 0 saturated heterocycles. The van der Waals surface area contributed by atoms with Gasteiger partial charge in [-0.15, -0.1) is 0 Å². The van der Waals surface area contributed by atoms with Gasteiger partial charge in [0, 0.05) is 16.2 Å². The van der Waals surface area contributed by atoms with Crippen LogP contribution in [0.1, 0.15) is 16.1 Å². The van der Waals surface area contributed by atoms with Gasteiger partial charge in [0.2, 0.25) is 0 Å². The summed E-state index contributed by atoms with van der Waals surface area (Å²) in [5.41, 5.74) is 5.87. The highest BCUT2D eigenvalue weighted by atomic mass is 79.9. The first kappa shape index (κ1) is 14.9. The van der Waals surface area contributed by atoms with Gasteiger partial charge >= 0.3 is 0 Å². The zero-order valence-electron chi connectivity index (χ0n) is 10.5. The quantitative estimate of drug-likeness (QED) is 0.341. The van der Waals surface area contributed by atoms with Crippen molar-refractivity contribution in [1.82, 2.24) is 4.98 Å². The number of benzene rings is 1. The van der Waals surface area contributed by atoms with Crippen LogP contribution < -0.4 is 11.1 Å². The molecule has 0 radical (unpaired) electrons. The molecule has 0 bridgehead atoms. The third-order valence-electron chi connectivity index (χ3n) is 2.58. The molecule has 0 aliphatic rings. The second-order valence-electron chi connectivity index (χ2n) is 4.00. The van der Waals surface area contributed by atoms with Crippen LogP contribution in [0.4, 0.5) is 10.1 Å². The number of oxime groups is 1. The lowest BCUT2D eigenvalue weighted by molar-refractivity contribution is 0.102. The van der Waals surface area contributed by atoms with Crippen LogP contribution in [-0.2, 0) is 0 Å². The van der Waals surface area contributed by atoms with Gasteiger partial charge in [-0.05, 0) is 30.3 Å². The van der Waals surface area contributed by atoms with Gasteiger partial charge in [0.05, 0.1) is 5.69 Å². The van der Waals surface area contributed by atoms with Crippen LogP contribution in [0.15, 0.2) is 46.2 Å². The van der Waals surface area contributed by atoms with Crippen molar-refractivity contribution in [2.45, 2.75) is 0 Å². The lowest BCUT2D eigenvalue weighted by atomic mass is 10.2. The van der Waals surface area contributed by atoms with Crippen LogP contribution in [0.25, 0.3) is 0 Å². The smallest absolute Gasteiger partial charge is 0.274 e. The summed E-state index contributed by atoms with van der Waals surface area (Å²) in [4.78, 5) is 15.8. The first-order valence-corrected chi connectivity index (χ1v) is 6.51. The van der Waals surface area contributed by atoms with E-state index in [0.717, 1.165) is 0 Å². The number of nitrogens with two attached hydrogens (primary N) is 1. The van der Waals surface area contributed by atoms with Gasteiger partial charge in [-0.3, -0.25) is 9.78 Å². The van der Waals surface area contributed by atoms with E-state index in [-0.39, 0.29) is 17.2 Å². The zero-order valence-corrected chi connectivity index (χ0v) is 12.1. The molecule has 0 atom stereocenters. The molecule has 6 nitrogen and oxygen atoms in total. The zero-order chi connectivity index (χ0) is 15.4. The van der Waals surface area contributed by atoms with Crippen LogP contribution in [0, 0.1) is 5.82 Å². The minimum absolute atomic E-state index is 0.0468. The van der Waals surface area contributed by atoms with E-state index in [1.807, 2.05) is 0 Å². The maximum Gasteiger partial charge on any atom is 0.274 e. The maximum absolute atomic E-state index is 13.6. The van der Waals surface area contributed by atoms with E-state index in [9.17, 15) is 9.18 Å². The van der Waals surface area contributed by atoms with Crippen LogP contribution in [-0.4, -0.2) is 21.9 Å². The SMILES string of the molecule is NC(=NO)c1ccc(C(=O)Nc2ccc(Br)cc2F)nc1. The molecule has 0 aliphatic carbocycles. The van der Waals surface area contributed by atoms with Crippen molar-refractivity contribution in [3.05, 3.63) is 58.1 Å². The number of carbonyl (C=O) groups is 1. The van der Waals surface area contributed by atoms with Crippen molar-refractivity contribution in [2.75, 3.05) is 5.32 Å². The van der Waals surface area contributed by atoms with Crippen molar-refractivity contribution >= 4 is 33.4 Å². The molecule has 21 heavy (non-hydrogen) atoms. The molecular formula is C13H10BrFN4O2. The molecule has 1 amide bonds. The van der Waals surface area contributed by atoms with Crippen molar-refractivity contribution < 1.29 is 14.4 Å². The van der Waals surface area contributed by atoms with E-state index >= 15 is 0 Å². The van der Waals surface area contributed by atoms with Crippen molar-refractivity contribution in [1.29, 1.82) is 0 Å². The van der Waals surface area contributed by atoms with Crippen molar-refractivity contribution in [3.63, 3.8) is 0 Å². The molecule has 1 aromatic carbocycles. The minimum Gasteiger partial charge on any atom is -0.409 e. The first-order chi connectivity index (χ1) is 10.0. The van der Waals surface area contributed by atoms with E-state index in [2.05, 4.69) is 31.4 Å². The number of amides is 1. The molecular weight excluding hydrogens is 343 g/mol. The summed E-state index contributed by atoms with van der Waals surface area (Å²) < 4.78 is 14.2. The number of anilines is 1. The number of rotatable bonds is 3. The Kier molecular flexibility index (Phi) is 4.49. The number of nitrogens with zero attached hydrogens (tertiary/aromatic N) is 2. The van der Waals surface area contributed by atoms with Crippen LogP contribution in [0.5, 0.6) is 0 Å². The number of halogens is 2. The van der Waals surface area contributed by atoms with E-state index in [4.69, 9.17) is 10.9 Å². The number of carbonyl (C=O) groups excluding carboxylic acids is 1. The van der Waals surface area contributed by atoms with Crippen molar-refractivity contribution in [2.24, 2.45) is 10.9 Å². The lowest BCUT2D eigenvalue weighted by Crippen LogP contribution is -2.17. The highest BCUT2D eigenvalue weighted by Crippen LogP contribution is 2.19. The third-order valence-corrected chi connectivity index (χ3v) is 3.07. The third kappa shape index (κ3) is 3.54. The Labute approximate surface area is 127 Å². The largest absolute Gasteiger partial charge is 0.409 e. The second kappa shape index (κ2) is 6.31. The lowest BCUT2D eigenvalue weighted by Gasteiger charge is -2.06. The van der Waals surface area contributed by atoms with E-state index in [0.29, 0.717) is 10.0 Å². The van der Waals surface area contributed by atoms with Crippen LogP contribution in [0.2, 0.25) is 0 Å². The van der Waals surface area contributed by atoms with E-state index in [1.54, 1.807) is 6.07 Å². The summed E-state index contributed by atoms with van der Waals surface area (Å²) in [6.07, 6.45) is 1.28. The summed E-state index contributed by atoms with van der Waals surface area (Å²) in [6, 6.07) is 7.13. The molecule has 108 valence electrons. The normalized spacial score (nSPS) is 11.2. The Balaban J connectivity index is 2.17. The fourth-order valence-electron chi connectivity index (χ4n) is 1.51. The van der Waals surface area contributed by atoms with Gasteiger partial charge in [-0.2, -0.15) is 0 Å². The second-order valence-corrected chi connectivity index (χ2v) is 4.91. The maximum atomic E-state index is 13.6. The highest BCUT2D eigenvalue weighted by molar-refractivity contribution is 9.10. The Morgan fingerprint density at radius 3 is 2.71 bits per heavy atom. The fourth-order valence-corrected chi connectivity index (χ4v) is 1.85. The predicted octanol–water partition coefficient (Wildman–Crippen LogP) is 2.33. The Bertz CT molecular complexity index is 704. The number of pyridine rings is 1. The average molecular weight is 353 g/mol. The number of amidine groups is 1. The molecule has 0 spiro atoms. The topological polar surface area (TPSA) is 101 Å². The minimum atomic E-state index is -0.567. The molecule has 1 heterocycles.